The van der Waals surface area contributed by atoms with Crippen molar-refractivity contribution in [2.24, 2.45) is 0 Å². The largest absolute Gasteiger partial charge is 0.466 e. The van der Waals surface area contributed by atoms with Gasteiger partial charge in [0.15, 0.2) is 0 Å². The molecule has 0 amide bonds. The van der Waals surface area contributed by atoms with E-state index in [1.807, 2.05) is 19.1 Å². The van der Waals surface area contributed by atoms with E-state index >= 15 is 0 Å². The van der Waals surface area contributed by atoms with Crippen LogP contribution >= 0.6 is 0 Å². The van der Waals surface area contributed by atoms with Crippen LogP contribution in [0.25, 0.3) is 5.57 Å². The van der Waals surface area contributed by atoms with E-state index in [4.69, 9.17) is 15.0 Å². The number of aryl methyl sites for hydroxylation is 2. The minimum atomic E-state index is -0.168. The minimum Gasteiger partial charge on any atom is -0.466 e. The van der Waals surface area contributed by atoms with Gasteiger partial charge in [-0.2, -0.15) is 4.89 Å². The fourth-order valence-corrected chi connectivity index (χ4v) is 3.60. The molecular weight excluding hydrogens is 448 g/mol. The fraction of sp³-hybridized carbons (Fsp3) is 0.407. The predicted molar refractivity (Wildman–Crippen MR) is 133 cm³/mol. The van der Waals surface area contributed by atoms with E-state index in [0.717, 1.165) is 23.5 Å². The predicted octanol–water partition coefficient (Wildman–Crippen LogP) is 4.39. The molecule has 35 heavy (non-hydrogen) atoms. The Morgan fingerprint density at radius 3 is 2.60 bits per heavy atom. The lowest BCUT2D eigenvalue weighted by Gasteiger charge is -2.15. The summed E-state index contributed by atoms with van der Waals surface area (Å²) >= 11 is 0. The van der Waals surface area contributed by atoms with Gasteiger partial charge in [0.25, 0.3) is 0 Å². The number of carbonyl (C=O) groups excluding carboxylic acids is 1. The Bertz CT molecular complexity index is 962. The molecule has 8 heteroatoms. The van der Waals surface area contributed by atoms with Crippen molar-refractivity contribution in [1.82, 2.24) is 9.88 Å². The number of rotatable bonds is 11. The highest BCUT2D eigenvalue weighted by atomic mass is 17.6. The normalized spacial score (nSPS) is 13.6. The molecule has 8 nitrogen and oxygen atoms in total. The summed E-state index contributed by atoms with van der Waals surface area (Å²) in [6.07, 6.45) is 10.5. The van der Waals surface area contributed by atoms with Crippen molar-refractivity contribution in [3.63, 3.8) is 0 Å². The lowest BCUT2D eigenvalue weighted by atomic mass is 10.00. The molecule has 1 fully saturated rings. The number of hydrogen-bond acceptors (Lipinski definition) is 8. The highest BCUT2D eigenvalue weighted by molar-refractivity contribution is 5.78. The van der Waals surface area contributed by atoms with Gasteiger partial charge in [0, 0.05) is 24.2 Å². The van der Waals surface area contributed by atoms with Gasteiger partial charge in [0.1, 0.15) is 6.61 Å². The van der Waals surface area contributed by atoms with Crippen LogP contribution < -0.4 is 0 Å². The third-order valence-corrected chi connectivity index (χ3v) is 5.31. The lowest BCUT2D eigenvalue weighted by Crippen LogP contribution is -2.19. The van der Waals surface area contributed by atoms with Crippen molar-refractivity contribution in [3.05, 3.63) is 71.1 Å². The summed E-state index contributed by atoms with van der Waals surface area (Å²) in [5, 5.41) is 13.9. The molecule has 1 aliphatic heterocycles. The Labute approximate surface area is 207 Å². The molecule has 1 N–H and O–H groups in total. The smallest absolute Gasteiger partial charge is 0.306 e. The van der Waals surface area contributed by atoms with Crippen LogP contribution in [0.1, 0.15) is 48.7 Å². The average molecular weight is 483 g/mol. The molecule has 1 saturated heterocycles. The van der Waals surface area contributed by atoms with Crippen molar-refractivity contribution < 1.29 is 29.8 Å². The zero-order valence-corrected chi connectivity index (χ0v) is 20.4. The number of nitrogens with zero attached hydrogens (tertiary/aromatic N) is 2. The topological polar surface area (TPSA) is 90.3 Å². The summed E-state index contributed by atoms with van der Waals surface area (Å²) in [6, 6.07) is 14.7. The number of esters is 1. The summed E-state index contributed by atoms with van der Waals surface area (Å²) in [4.78, 5) is 22.9. The Morgan fingerprint density at radius 2 is 1.94 bits per heavy atom. The van der Waals surface area contributed by atoms with Crippen LogP contribution in [0.5, 0.6) is 0 Å². The number of hydrogen-bond donors (Lipinski definition) is 1. The molecule has 0 aliphatic carbocycles. The summed E-state index contributed by atoms with van der Waals surface area (Å²) in [7, 11) is 0. The van der Waals surface area contributed by atoms with Crippen molar-refractivity contribution in [3.8, 4) is 12.3 Å². The average Bonchev–Trinajstić information content (AvgIpc) is 3.39. The summed E-state index contributed by atoms with van der Waals surface area (Å²) in [5.74, 6) is 1.90. The quantitative estimate of drug-likeness (QED) is 0.166. The first-order valence-corrected chi connectivity index (χ1v) is 11.7. The van der Waals surface area contributed by atoms with E-state index in [2.05, 4.69) is 75.5 Å². The minimum absolute atomic E-state index is 0.0550. The number of benzene rings is 1. The van der Waals surface area contributed by atoms with Crippen LogP contribution in [-0.2, 0) is 30.9 Å². The third kappa shape index (κ3) is 10.8. The second-order valence-electron chi connectivity index (χ2n) is 7.92. The van der Waals surface area contributed by atoms with Gasteiger partial charge < -0.3 is 4.74 Å². The van der Waals surface area contributed by atoms with Crippen LogP contribution in [-0.4, -0.2) is 54.0 Å². The molecule has 1 aliphatic rings. The highest BCUT2D eigenvalue weighted by Gasteiger charge is 2.13. The van der Waals surface area contributed by atoms with Crippen LogP contribution in [0.2, 0.25) is 0 Å². The number of carbonyl (C=O) groups is 1. The third-order valence-electron chi connectivity index (χ3n) is 5.31. The number of aromatic nitrogens is 1. The molecule has 0 unspecified atom stereocenters. The molecular formula is C27H34N2O6. The number of likely N-dealkylation sites (tertiary alicyclic amines) is 1. The first kappa shape index (κ1) is 28.2. The number of terminal acetylenes is 1. The molecule has 1 aromatic heterocycles. The van der Waals surface area contributed by atoms with Crippen LogP contribution in [0, 0.1) is 19.3 Å². The van der Waals surface area contributed by atoms with Gasteiger partial charge in [-0.1, -0.05) is 47.9 Å². The molecule has 188 valence electrons. The van der Waals surface area contributed by atoms with Gasteiger partial charge in [0.2, 0.25) is 0 Å². The monoisotopic (exact) mass is 482 g/mol. The molecule has 0 bridgehead atoms. The number of pyridine rings is 1. The molecule has 0 saturated carbocycles. The SMILES string of the molecule is C#CCOOOO.CCOC(=O)CCc1cccc(/C(=C/CN2CCCC2)c2ccc(C)cc2)n1. The maximum atomic E-state index is 11.7. The van der Waals surface area contributed by atoms with Crippen molar-refractivity contribution >= 4 is 11.5 Å². The van der Waals surface area contributed by atoms with E-state index in [-0.39, 0.29) is 12.6 Å². The number of ether oxygens (including phenoxy) is 1. The van der Waals surface area contributed by atoms with Crippen LogP contribution in [0.4, 0.5) is 0 Å². The van der Waals surface area contributed by atoms with Crippen LogP contribution in [0.15, 0.2) is 48.5 Å². The van der Waals surface area contributed by atoms with Crippen molar-refractivity contribution in [2.75, 3.05) is 32.8 Å². The molecule has 0 atom stereocenters. The van der Waals surface area contributed by atoms with E-state index in [1.165, 1.54) is 37.1 Å². The Hall–Kier alpha value is -3.06. The van der Waals surface area contributed by atoms with Gasteiger partial charge >= 0.3 is 5.97 Å². The van der Waals surface area contributed by atoms with Gasteiger partial charge in [-0.25, -0.2) is 5.26 Å². The molecule has 1 aromatic carbocycles. The lowest BCUT2D eigenvalue weighted by molar-refractivity contribution is -0.620. The van der Waals surface area contributed by atoms with Gasteiger partial charge in [-0.15, -0.1) is 6.42 Å². The maximum absolute atomic E-state index is 11.7. The summed E-state index contributed by atoms with van der Waals surface area (Å²) < 4.78 is 5.03. The van der Waals surface area contributed by atoms with Gasteiger partial charge in [-0.05, 0) is 67.6 Å². The van der Waals surface area contributed by atoms with Crippen molar-refractivity contribution in [2.45, 2.75) is 39.5 Å². The van der Waals surface area contributed by atoms with E-state index < -0.39 is 0 Å². The Kier molecular flexibility index (Phi) is 13.3. The zero-order valence-electron chi connectivity index (χ0n) is 20.4. The summed E-state index contributed by atoms with van der Waals surface area (Å²) in [6.45, 7) is 7.58. The first-order valence-electron chi connectivity index (χ1n) is 11.7. The molecule has 0 radical (unpaired) electrons. The second-order valence-corrected chi connectivity index (χ2v) is 7.92. The van der Waals surface area contributed by atoms with Gasteiger partial charge in [0.05, 0.1) is 18.7 Å². The highest BCUT2D eigenvalue weighted by Crippen LogP contribution is 2.23. The Morgan fingerprint density at radius 1 is 1.20 bits per heavy atom. The van der Waals surface area contributed by atoms with Gasteiger partial charge in [-0.3, -0.25) is 14.7 Å². The van der Waals surface area contributed by atoms with E-state index in [9.17, 15) is 4.79 Å². The Balaban J connectivity index is 0.000000540. The molecule has 2 heterocycles. The first-order chi connectivity index (χ1) is 17.1. The molecule has 3 rings (SSSR count). The van der Waals surface area contributed by atoms with Crippen LogP contribution in [0.3, 0.4) is 0 Å². The fourth-order valence-electron chi connectivity index (χ4n) is 3.60. The second kappa shape index (κ2) is 16.5. The summed E-state index contributed by atoms with van der Waals surface area (Å²) in [5.41, 5.74) is 5.47. The standard InChI is InChI=1S/C24H30N2O2.C3H4O4/c1-3-28-24(27)14-13-21-7-6-8-23(25-21)22(15-18-26-16-4-5-17-26)20-11-9-19(2)10-12-20;1-2-3-5-7-6-4/h6-12,15H,3-5,13-14,16-18H2,1-2H3;1,4H,3H2/b22-15+;. The van der Waals surface area contributed by atoms with Crippen molar-refractivity contribution in [1.29, 1.82) is 0 Å². The molecule has 0 spiro atoms. The zero-order chi connectivity index (χ0) is 25.3. The maximum Gasteiger partial charge on any atom is 0.306 e. The van der Waals surface area contributed by atoms with E-state index in [0.29, 0.717) is 19.4 Å². The van der Waals surface area contributed by atoms with E-state index in [1.54, 1.807) is 0 Å². The molecule has 2 aromatic rings.